The Hall–Kier alpha value is -1.33. The maximum atomic E-state index is 11.9. The van der Waals surface area contributed by atoms with Crippen LogP contribution >= 0.6 is 0 Å². The number of hydrogen-bond donors (Lipinski definition) is 1. The average molecular weight is 338 g/mol. The second-order valence-electron chi connectivity index (χ2n) is 5.09. The van der Waals surface area contributed by atoms with Crippen molar-refractivity contribution in [3.8, 4) is 0 Å². The smallest absolute Gasteiger partial charge is 1.00 e. The van der Waals surface area contributed by atoms with Crippen molar-refractivity contribution in [3.63, 3.8) is 0 Å². The Kier molecular flexibility index (Phi) is 8.01. The van der Waals surface area contributed by atoms with E-state index in [0.29, 0.717) is 0 Å². The number of benzene rings is 1. The molecule has 0 aliphatic heterocycles. The van der Waals surface area contributed by atoms with E-state index in [1.807, 2.05) is 0 Å². The zero-order chi connectivity index (χ0) is 17.1. The zero-order valence-corrected chi connectivity index (χ0v) is 14.5. The predicted octanol–water partition coefficient (Wildman–Crippen LogP) is -0.820. The minimum Gasteiger partial charge on any atom is -1.00 e. The summed E-state index contributed by atoms with van der Waals surface area (Å²) < 4.78 is 42.0. The fourth-order valence-electron chi connectivity index (χ4n) is 1.59. The van der Waals surface area contributed by atoms with Gasteiger partial charge in [0, 0.05) is 0 Å². The number of rotatable bonds is 5. The minimum absolute atomic E-state index is 0. The minimum atomic E-state index is -4.71. The molecule has 1 aromatic rings. The molecule has 0 spiro atoms. The Morgan fingerprint density at radius 2 is 1.52 bits per heavy atom. The Labute approximate surface area is 148 Å². The van der Waals surface area contributed by atoms with E-state index in [-0.39, 0.29) is 31.4 Å². The van der Waals surface area contributed by atoms with Crippen molar-refractivity contribution in [2.24, 2.45) is 0 Å². The van der Waals surface area contributed by atoms with E-state index in [4.69, 9.17) is 9.47 Å². The van der Waals surface area contributed by atoms with Gasteiger partial charge < -0.3 is 10.9 Å². The number of carbonyl (C=O) groups excluding carboxylic acids is 2. The van der Waals surface area contributed by atoms with Crippen molar-refractivity contribution >= 4 is 22.1 Å². The van der Waals surface area contributed by atoms with Crippen LogP contribution in [0.15, 0.2) is 23.1 Å². The second kappa shape index (κ2) is 8.50. The SMILES string of the molecule is CC(C)OC(=O)c1ccc(C(=O)OC(C)C)c(S(=O)(=O)O)c1.[H-].[Li+]. The molecule has 0 saturated carbocycles. The Morgan fingerprint density at radius 1 is 1.04 bits per heavy atom. The van der Waals surface area contributed by atoms with Crippen molar-refractivity contribution in [1.82, 2.24) is 0 Å². The fraction of sp³-hybridized carbons (Fsp3) is 0.429. The molecular formula is C14H19LiO7S. The monoisotopic (exact) mass is 338 g/mol. The molecule has 1 N–H and O–H groups in total. The molecule has 0 bridgehead atoms. The van der Waals surface area contributed by atoms with Crippen molar-refractivity contribution in [2.45, 2.75) is 44.8 Å². The topological polar surface area (TPSA) is 107 Å². The molecule has 0 heterocycles. The molecule has 0 saturated heterocycles. The molecule has 9 heteroatoms. The normalized spacial score (nSPS) is 11.1. The molecule has 1 aromatic carbocycles. The van der Waals surface area contributed by atoms with Gasteiger partial charge in [0.05, 0.1) is 23.3 Å². The van der Waals surface area contributed by atoms with E-state index in [2.05, 4.69) is 0 Å². The molecule has 0 unspecified atom stereocenters. The summed E-state index contributed by atoms with van der Waals surface area (Å²) in [7, 11) is -4.71. The van der Waals surface area contributed by atoms with Crippen LogP contribution < -0.4 is 18.9 Å². The van der Waals surface area contributed by atoms with Gasteiger partial charge in [0.15, 0.2) is 0 Å². The van der Waals surface area contributed by atoms with Gasteiger partial charge in [0.1, 0.15) is 4.90 Å². The summed E-state index contributed by atoms with van der Waals surface area (Å²) in [5.41, 5.74) is -0.445. The van der Waals surface area contributed by atoms with E-state index < -0.39 is 39.2 Å². The first-order valence-electron chi connectivity index (χ1n) is 6.56. The van der Waals surface area contributed by atoms with E-state index in [1.54, 1.807) is 27.7 Å². The van der Waals surface area contributed by atoms with E-state index >= 15 is 0 Å². The zero-order valence-electron chi connectivity index (χ0n) is 14.7. The summed E-state index contributed by atoms with van der Waals surface area (Å²) in [4.78, 5) is 22.9. The van der Waals surface area contributed by atoms with Crippen molar-refractivity contribution in [3.05, 3.63) is 29.3 Å². The third kappa shape index (κ3) is 6.35. The van der Waals surface area contributed by atoms with Crippen LogP contribution in [0.4, 0.5) is 0 Å². The summed E-state index contributed by atoms with van der Waals surface area (Å²) in [6.07, 6.45) is -0.861. The molecule has 23 heavy (non-hydrogen) atoms. The summed E-state index contributed by atoms with van der Waals surface area (Å²) >= 11 is 0. The molecule has 124 valence electrons. The second-order valence-corrected chi connectivity index (χ2v) is 6.48. The third-order valence-electron chi connectivity index (χ3n) is 2.40. The summed E-state index contributed by atoms with van der Waals surface area (Å²) in [6.45, 7) is 6.46. The van der Waals surface area contributed by atoms with Crippen LogP contribution in [0.2, 0.25) is 0 Å². The van der Waals surface area contributed by atoms with E-state index in [1.165, 1.54) is 6.07 Å². The van der Waals surface area contributed by atoms with Crippen LogP contribution in [-0.2, 0) is 19.6 Å². The largest absolute Gasteiger partial charge is 1.00 e. The van der Waals surface area contributed by atoms with Gasteiger partial charge in [-0.3, -0.25) is 4.55 Å². The number of hydrogen-bond acceptors (Lipinski definition) is 6. The Bertz CT molecular complexity index is 686. The van der Waals surface area contributed by atoms with Gasteiger partial charge in [-0.05, 0) is 45.9 Å². The van der Waals surface area contributed by atoms with Gasteiger partial charge >= 0.3 is 30.8 Å². The maximum absolute atomic E-state index is 11.9. The Balaban J connectivity index is 0. The van der Waals surface area contributed by atoms with Crippen LogP contribution in [0, 0.1) is 0 Å². The van der Waals surface area contributed by atoms with Gasteiger partial charge in [-0.2, -0.15) is 8.42 Å². The van der Waals surface area contributed by atoms with Gasteiger partial charge in [-0.15, -0.1) is 0 Å². The van der Waals surface area contributed by atoms with Crippen LogP contribution in [0.25, 0.3) is 0 Å². The molecule has 0 aliphatic carbocycles. The average Bonchev–Trinajstić information content (AvgIpc) is 2.35. The molecule has 0 radical (unpaired) electrons. The number of esters is 2. The summed E-state index contributed by atoms with van der Waals surface area (Å²) in [5.74, 6) is -1.67. The number of ether oxygens (including phenoxy) is 2. The van der Waals surface area contributed by atoms with Crippen molar-refractivity contribution in [2.75, 3.05) is 0 Å². The predicted molar refractivity (Wildman–Crippen MR) is 78.5 cm³/mol. The Morgan fingerprint density at radius 3 is 1.96 bits per heavy atom. The quantitative estimate of drug-likeness (QED) is 0.425. The van der Waals surface area contributed by atoms with Gasteiger partial charge in [-0.1, -0.05) is 0 Å². The molecule has 1 rings (SSSR count). The molecule has 0 amide bonds. The van der Waals surface area contributed by atoms with Crippen LogP contribution in [0.1, 0.15) is 49.8 Å². The molecular weight excluding hydrogens is 319 g/mol. The van der Waals surface area contributed by atoms with Crippen molar-refractivity contribution < 1.29 is 52.3 Å². The molecule has 0 fully saturated rings. The number of carbonyl (C=O) groups is 2. The molecule has 0 aliphatic rings. The van der Waals surface area contributed by atoms with Crippen LogP contribution in [0.5, 0.6) is 0 Å². The van der Waals surface area contributed by atoms with Gasteiger partial charge in [0.2, 0.25) is 0 Å². The van der Waals surface area contributed by atoms with E-state index in [9.17, 15) is 22.6 Å². The molecule has 7 nitrogen and oxygen atoms in total. The van der Waals surface area contributed by atoms with E-state index in [0.717, 1.165) is 12.1 Å². The van der Waals surface area contributed by atoms with Gasteiger partial charge in [-0.25, -0.2) is 9.59 Å². The summed E-state index contributed by atoms with van der Waals surface area (Å²) in [6, 6.07) is 3.22. The van der Waals surface area contributed by atoms with Crippen molar-refractivity contribution in [1.29, 1.82) is 0 Å². The third-order valence-corrected chi connectivity index (χ3v) is 3.29. The van der Waals surface area contributed by atoms with Gasteiger partial charge in [0.25, 0.3) is 10.1 Å². The molecule has 0 aromatic heterocycles. The standard InChI is InChI=1S/C14H18O7S.Li.H/c1-8(2)20-13(15)10-5-6-11(14(16)21-9(3)4)12(7-10)22(17,18)19;;/h5-9H,1-4H3,(H,17,18,19);;/q;+1;-1. The maximum Gasteiger partial charge on any atom is 1.00 e. The molecule has 0 atom stereocenters. The first-order chi connectivity index (χ1) is 10.0. The van der Waals surface area contributed by atoms with Crippen LogP contribution in [-0.4, -0.2) is 37.1 Å². The first kappa shape index (κ1) is 21.7. The van der Waals surface area contributed by atoms with Crippen LogP contribution in [0.3, 0.4) is 0 Å². The fourth-order valence-corrected chi connectivity index (χ4v) is 2.30. The first-order valence-corrected chi connectivity index (χ1v) is 8.00. The summed E-state index contributed by atoms with van der Waals surface area (Å²) in [5, 5.41) is 0.